The number of hydrogen-bond acceptors (Lipinski definition) is 3. The summed E-state index contributed by atoms with van der Waals surface area (Å²) in [5, 5.41) is 24.7. The van der Waals surface area contributed by atoms with E-state index >= 15 is 0 Å². The Morgan fingerprint density at radius 1 is 1.00 bits per heavy atom. The molecule has 1 aromatic carbocycles. The Kier molecular flexibility index (Phi) is 6.61. The summed E-state index contributed by atoms with van der Waals surface area (Å²) in [6.45, 7) is 7.35. The molecule has 1 amide bonds. The van der Waals surface area contributed by atoms with Gasteiger partial charge in [0.15, 0.2) is 0 Å². The Morgan fingerprint density at radius 2 is 1.71 bits per heavy atom. The van der Waals surface area contributed by atoms with Gasteiger partial charge >= 0.3 is 0 Å². The van der Waals surface area contributed by atoms with Gasteiger partial charge in [0.2, 0.25) is 5.91 Å². The molecule has 5 rings (SSSR count). The van der Waals surface area contributed by atoms with Crippen molar-refractivity contribution in [1.82, 2.24) is 0 Å². The van der Waals surface area contributed by atoms with Gasteiger partial charge < -0.3 is 15.5 Å². The van der Waals surface area contributed by atoms with Crippen molar-refractivity contribution in [2.24, 2.45) is 46.3 Å². The molecule has 7 unspecified atom stereocenters. The number of benzene rings is 1. The standard InChI is InChI=1S/C30H45NO3/c1-19(9-12-27(34)31-21-7-5-4-6-8-21)23-10-11-24-28-25(14-16-30(23,24)3)29(2)15-13-22(32)17-20(29)18-26(28)33/h4-8,19-20,22-26,28,32-33H,9-18H2,1-3H3,(H,31,34)/t19-,20?,22-,23-,24?,25?,26?,28?,29?,30?/m1/s1. The highest BCUT2D eigenvalue weighted by Gasteiger charge is 2.62. The fourth-order valence-electron chi connectivity index (χ4n) is 9.48. The van der Waals surface area contributed by atoms with Gasteiger partial charge in [-0.3, -0.25) is 4.79 Å². The van der Waals surface area contributed by atoms with Gasteiger partial charge in [-0.1, -0.05) is 39.0 Å². The van der Waals surface area contributed by atoms with Crippen LogP contribution in [0.1, 0.15) is 85.0 Å². The molecule has 1 aromatic rings. The van der Waals surface area contributed by atoms with Crippen LogP contribution in [0, 0.1) is 46.3 Å². The van der Waals surface area contributed by atoms with Gasteiger partial charge in [-0.15, -0.1) is 0 Å². The number of carbonyl (C=O) groups excluding carboxylic acids is 1. The third-order valence-corrected chi connectivity index (χ3v) is 11.3. The lowest BCUT2D eigenvalue weighted by Gasteiger charge is -2.62. The van der Waals surface area contributed by atoms with Crippen molar-refractivity contribution in [2.75, 3.05) is 5.32 Å². The summed E-state index contributed by atoms with van der Waals surface area (Å²) in [6.07, 6.45) is 9.84. The average molecular weight is 468 g/mol. The smallest absolute Gasteiger partial charge is 0.224 e. The van der Waals surface area contributed by atoms with E-state index in [-0.39, 0.29) is 28.9 Å². The minimum atomic E-state index is -0.219. The van der Waals surface area contributed by atoms with Crippen molar-refractivity contribution in [3.8, 4) is 0 Å². The average Bonchev–Trinajstić information content (AvgIpc) is 3.16. The molecule has 4 heteroatoms. The van der Waals surface area contributed by atoms with Crippen LogP contribution >= 0.6 is 0 Å². The van der Waals surface area contributed by atoms with E-state index in [2.05, 4.69) is 26.1 Å². The molecule has 4 nitrogen and oxygen atoms in total. The first kappa shape index (κ1) is 24.3. The summed E-state index contributed by atoms with van der Waals surface area (Å²) < 4.78 is 0. The molecule has 4 aliphatic carbocycles. The largest absolute Gasteiger partial charge is 0.393 e. The minimum Gasteiger partial charge on any atom is -0.393 e. The Bertz CT molecular complexity index is 873. The van der Waals surface area contributed by atoms with Crippen LogP contribution in [0.3, 0.4) is 0 Å². The molecule has 0 aliphatic heterocycles. The fourth-order valence-corrected chi connectivity index (χ4v) is 9.48. The molecular formula is C30H45NO3. The molecule has 0 radical (unpaired) electrons. The number of amides is 1. The van der Waals surface area contributed by atoms with E-state index in [1.165, 1.54) is 25.7 Å². The zero-order valence-corrected chi connectivity index (χ0v) is 21.4. The molecule has 4 fully saturated rings. The summed E-state index contributed by atoms with van der Waals surface area (Å²) in [4.78, 5) is 12.6. The van der Waals surface area contributed by atoms with E-state index in [9.17, 15) is 15.0 Å². The van der Waals surface area contributed by atoms with Gasteiger partial charge in [-0.2, -0.15) is 0 Å². The van der Waals surface area contributed by atoms with Crippen molar-refractivity contribution in [2.45, 2.75) is 97.2 Å². The lowest BCUT2D eigenvalue weighted by Crippen LogP contribution is -2.58. The maximum absolute atomic E-state index is 12.6. The van der Waals surface area contributed by atoms with Crippen LogP contribution in [0.25, 0.3) is 0 Å². The van der Waals surface area contributed by atoms with Crippen LogP contribution in [0.2, 0.25) is 0 Å². The zero-order valence-electron chi connectivity index (χ0n) is 21.4. The second-order valence-electron chi connectivity index (χ2n) is 12.9. The summed E-state index contributed by atoms with van der Waals surface area (Å²) >= 11 is 0. The topological polar surface area (TPSA) is 69.6 Å². The molecular weight excluding hydrogens is 422 g/mol. The number of para-hydroxylation sites is 1. The monoisotopic (exact) mass is 467 g/mol. The van der Waals surface area contributed by atoms with Crippen molar-refractivity contribution in [3.63, 3.8) is 0 Å². The van der Waals surface area contributed by atoms with Gasteiger partial charge in [0.25, 0.3) is 0 Å². The third-order valence-electron chi connectivity index (χ3n) is 11.3. The lowest BCUT2D eigenvalue weighted by molar-refractivity contribution is -0.174. The van der Waals surface area contributed by atoms with Crippen molar-refractivity contribution in [3.05, 3.63) is 30.3 Å². The summed E-state index contributed by atoms with van der Waals surface area (Å²) in [5.74, 6) is 3.33. The van der Waals surface area contributed by atoms with Gasteiger partial charge in [-0.25, -0.2) is 0 Å². The molecule has 0 heterocycles. The third kappa shape index (κ3) is 4.13. The Balaban J connectivity index is 1.25. The van der Waals surface area contributed by atoms with Crippen LogP contribution in [0.15, 0.2) is 30.3 Å². The normalized spacial score (nSPS) is 44.4. The Hall–Kier alpha value is -1.39. The van der Waals surface area contributed by atoms with Gasteiger partial charge in [-0.05, 0) is 116 Å². The van der Waals surface area contributed by atoms with Crippen molar-refractivity contribution >= 4 is 11.6 Å². The van der Waals surface area contributed by atoms with E-state index in [0.717, 1.165) is 37.8 Å². The molecule has 4 saturated carbocycles. The SMILES string of the molecule is C[C@H](CCC(=O)Nc1ccccc1)[C@H]1CCC2C3C(O)CC4C[C@H](O)CCC4(C)C3CCC21C. The highest BCUT2D eigenvalue weighted by Crippen LogP contribution is 2.68. The molecule has 34 heavy (non-hydrogen) atoms. The van der Waals surface area contributed by atoms with E-state index < -0.39 is 0 Å². The quantitative estimate of drug-likeness (QED) is 0.495. The van der Waals surface area contributed by atoms with Crippen molar-refractivity contribution in [1.29, 1.82) is 0 Å². The fraction of sp³-hybridized carbons (Fsp3) is 0.767. The molecule has 4 aliphatic rings. The number of aliphatic hydroxyl groups is 2. The van der Waals surface area contributed by atoms with Gasteiger partial charge in [0.1, 0.15) is 0 Å². The van der Waals surface area contributed by atoms with E-state index in [1.807, 2.05) is 30.3 Å². The molecule has 10 atom stereocenters. The summed E-state index contributed by atoms with van der Waals surface area (Å²) in [7, 11) is 0. The second-order valence-corrected chi connectivity index (χ2v) is 12.9. The molecule has 0 saturated heterocycles. The van der Waals surface area contributed by atoms with Crippen molar-refractivity contribution < 1.29 is 15.0 Å². The molecule has 0 bridgehead atoms. The van der Waals surface area contributed by atoms with Crippen LogP contribution in [0.5, 0.6) is 0 Å². The Morgan fingerprint density at radius 3 is 2.47 bits per heavy atom. The predicted molar refractivity (Wildman–Crippen MR) is 136 cm³/mol. The first-order valence-electron chi connectivity index (χ1n) is 13.9. The molecule has 3 N–H and O–H groups in total. The van der Waals surface area contributed by atoms with Gasteiger partial charge in [0.05, 0.1) is 12.2 Å². The number of anilines is 1. The summed E-state index contributed by atoms with van der Waals surface area (Å²) in [6, 6.07) is 9.74. The first-order chi connectivity index (χ1) is 16.2. The number of nitrogens with one attached hydrogen (secondary N) is 1. The summed E-state index contributed by atoms with van der Waals surface area (Å²) in [5.41, 5.74) is 1.43. The Labute approximate surface area is 205 Å². The molecule has 0 aromatic heterocycles. The number of rotatable bonds is 5. The molecule has 188 valence electrons. The van der Waals surface area contributed by atoms with Crippen LogP contribution in [-0.2, 0) is 4.79 Å². The lowest BCUT2D eigenvalue weighted by atomic mass is 9.43. The highest BCUT2D eigenvalue weighted by molar-refractivity contribution is 5.90. The maximum Gasteiger partial charge on any atom is 0.224 e. The van der Waals surface area contributed by atoms with Crippen LogP contribution in [0.4, 0.5) is 5.69 Å². The number of aliphatic hydroxyl groups excluding tert-OH is 2. The number of fused-ring (bicyclic) bond motifs is 5. The van der Waals surface area contributed by atoms with Crippen LogP contribution < -0.4 is 5.32 Å². The van der Waals surface area contributed by atoms with E-state index in [1.54, 1.807) is 0 Å². The van der Waals surface area contributed by atoms with Gasteiger partial charge in [0, 0.05) is 12.1 Å². The molecule has 0 spiro atoms. The predicted octanol–water partition coefficient (Wildman–Crippen LogP) is 6.03. The number of hydrogen-bond donors (Lipinski definition) is 3. The van der Waals surface area contributed by atoms with E-state index in [0.29, 0.717) is 41.9 Å². The minimum absolute atomic E-state index is 0.114. The first-order valence-corrected chi connectivity index (χ1v) is 13.9. The van der Waals surface area contributed by atoms with E-state index in [4.69, 9.17) is 0 Å². The van der Waals surface area contributed by atoms with Crippen LogP contribution in [-0.4, -0.2) is 28.3 Å². The highest BCUT2D eigenvalue weighted by atomic mass is 16.3. The maximum atomic E-state index is 12.6. The zero-order chi connectivity index (χ0) is 24.1. The number of carbonyl (C=O) groups is 1. The second kappa shape index (κ2) is 9.24.